The topological polar surface area (TPSA) is 64.4 Å². The molecular formula is C23H21F2N3O2. The van der Waals surface area contributed by atoms with Crippen LogP contribution in [-0.2, 0) is 22.4 Å². The number of hydrogen-bond acceptors (Lipinski definition) is 3. The summed E-state index contributed by atoms with van der Waals surface area (Å²) in [6.07, 6.45) is 1.70. The van der Waals surface area contributed by atoms with Crippen LogP contribution in [-0.4, -0.2) is 41.2 Å². The molecule has 1 atom stereocenters. The molecule has 0 aliphatic carbocycles. The number of piperazine rings is 1. The largest absolute Gasteiger partial charge is 0.326 e. The highest BCUT2D eigenvalue weighted by Crippen LogP contribution is 2.30. The average molecular weight is 409 g/mol. The lowest BCUT2D eigenvalue weighted by Crippen LogP contribution is -2.64. The van der Waals surface area contributed by atoms with Crippen LogP contribution in [0.2, 0.25) is 0 Å². The maximum atomic E-state index is 13.8. The van der Waals surface area contributed by atoms with Gasteiger partial charge in [0.25, 0.3) is 11.8 Å². The smallest absolute Gasteiger partial charge is 0.270 e. The Hall–Kier alpha value is -3.53. The maximum absolute atomic E-state index is 13.8. The first-order valence-electron chi connectivity index (χ1n) is 9.37. The van der Waals surface area contributed by atoms with Crippen molar-refractivity contribution < 1.29 is 18.4 Å². The highest BCUT2D eigenvalue weighted by atomic mass is 19.1. The number of amides is 2. The first kappa shape index (κ1) is 21.2. The Kier molecular flexibility index (Phi) is 5.70. The third-order valence-electron chi connectivity index (χ3n) is 5.55. The summed E-state index contributed by atoms with van der Waals surface area (Å²) in [5, 5.41) is 9.15. The highest BCUT2D eigenvalue weighted by molar-refractivity contribution is 6.06. The van der Waals surface area contributed by atoms with Gasteiger partial charge in [-0.25, -0.2) is 8.78 Å². The molecule has 1 saturated heterocycles. The van der Waals surface area contributed by atoms with Crippen molar-refractivity contribution in [3.63, 3.8) is 0 Å². The van der Waals surface area contributed by atoms with Gasteiger partial charge in [-0.15, -0.1) is 0 Å². The van der Waals surface area contributed by atoms with E-state index >= 15 is 0 Å². The molecule has 5 nitrogen and oxygen atoms in total. The van der Waals surface area contributed by atoms with E-state index in [0.29, 0.717) is 12.5 Å². The molecule has 1 aliphatic heterocycles. The van der Waals surface area contributed by atoms with E-state index in [-0.39, 0.29) is 35.1 Å². The van der Waals surface area contributed by atoms with E-state index in [2.05, 4.69) is 0 Å². The van der Waals surface area contributed by atoms with Crippen LogP contribution in [0.4, 0.5) is 8.78 Å². The SMILES string of the molecule is CN1C(=O)C(C)(Cc2ccccc2)N(C)C(=O)C1=CCc1cc(F)cc(F)c1C#N. The zero-order valence-electron chi connectivity index (χ0n) is 16.9. The first-order chi connectivity index (χ1) is 14.2. The lowest BCUT2D eigenvalue weighted by atomic mass is 9.87. The van der Waals surface area contributed by atoms with Crippen LogP contribution in [0.1, 0.15) is 23.6 Å². The fourth-order valence-electron chi connectivity index (χ4n) is 3.69. The summed E-state index contributed by atoms with van der Waals surface area (Å²) < 4.78 is 27.4. The maximum Gasteiger partial charge on any atom is 0.270 e. The van der Waals surface area contributed by atoms with E-state index in [1.807, 2.05) is 30.3 Å². The number of carbonyl (C=O) groups is 2. The molecule has 0 spiro atoms. The second-order valence-corrected chi connectivity index (χ2v) is 7.49. The number of allylic oxidation sites excluding steroid dienone is 1. The molecular weight excluding hydrogens is 388 g/mol. The molecule has 0 bridgehead atoms. The minimum absolute atomic E-state index is 0.0699. The van der Waals surface area contributed by atoms with E-state index in [4.69, 9.17) is 5.26 Å². The zero-order valence-corrected chi connectivity index (χ0v) is 16.9. The highest BCUT2D eigenvalue weighted by Gasteiger charge is 2.48. The molecule has 2 amide bonds. The first-order valence-corrected chi connectivity index (χ1v) is 9.37. The van der Waals surface area contributed by atoms with Crippen molar-refractivity contribution >= 4 is 11.8 Å². The predicted octanol–water partition coefficient (Wildman–Crippen LogP) is 3.19. The number of carbonyl (C=O) groups excluding carboxylic acids is 2. The van der Waals surface area contributed by atoms with Crippen LogP contribution in [0.3, 0.4) is 0 Å². The Morgan fingerprint density at radius 1 is 1.13 bits per heavy atom. The minimum atomic E-state index is -1.08. The van der Waals surface area contributed by atoms with Gasteiger partial charge in [-0.3, -0.25) is 9.59 Å². The fraction of sp³-hybridized carbons (Fsp3) is 0.261. The summed E-state index contributed by atoms with van der Waals surface area (Å²) in [4.78, 5) is 28.9. The molecule has 1 fully saturated rings. The van der Waals surface area contributed by atoms with Gasteiger partial charge in [0.05, 0.1) is 5.56 Å². The van der Waals surface area contributed by atoms with Gasteiger partial charge in [-0.1, -0.05) is 36.4 Å². The van der Waals surface area contributed by atoms with E-state index in [1.54, 1.807) is 20.0 Å². The normalized spacial score (nSPS) is 20.6. The third-order valence-corrected chi connectivity index (χ3v) is 5.55. The van der Waals surface area contributed by atoms with Crippen LogP contribution in [0, 0.1) is 23.0 Å². The molecule has 1 heterocycles. The molecule has 0 saturated carbocycles. The van der Waals surface area contributed by atoms with Crippen LogP contribution in [0.25, 0.3) is 0 Å². The van der Waals surface area contributed by atoms with Gasteiger partial charge >= 0.3 is 0 Å². The van der Waals surface area contributed by atoms with Gasteiger partial charge in [0.15, 0.2) is 0 Å². The summed E-state index contributed by atoms with van der Waals surface area (Å²) in [5.74, 6) is -2.43. The Balaban J connectivity index is 1.92. The molecule has 0 radical (unpaired) electrons. The summed E-state index contributed by atoms with van der Waals surface area (Å²) in [7, 11) is 3.06. The lowest BCUT2D eigenvalue weighted by Gasteiger charge is -2.45. The molecule has 7 heteroatoms. The van der Waals surface area contributed by atoms with Crippen molar-refractivity contribution in [2.24, 2.45) is 0 Å². The number of nitriles is 1. The van der Waals surface area contributed by atoms with Gasteiger partial charge in [-0.05, 0) is 30.5 Å². The molecule has 0 aromatic heterocycles. The monoisotopic (exact) mass is 409 g/mol. The molecule has 154 valence electrons. The average Bonchev–Trinajstić information content (AvgIpc) is 2.71. The number of benzene rings is 2. The van der Waals surface area contributed by atoms with Gasteiger partial charge in [0.1, 0.15) is 28.9 Å². The summed E-state index contributed by atoms with van der Waals surface area (Å²) in [5.41, 5.74) is -0.235. The second kappa shape index (κ2) is 8.07. The number of halogens is 2. The van der Waals surface area contributed by atoms with E-state index in [0.717, 1.165) is 11.6 Å². The molecule has 30 heavy (non-hydrogen) atoms. The number of nitrogens with zero attached hydrogens (tertiary/aromatic N) is 3. The van der Waals surface area contributed by atoms with Gasteiger partial charge in [0, 0.05) is 26.6 Å². The second-order valence-electron chi connectivity index (χ2n) is 7.49. The summed E-state index contributed by atoms with van der Waals surface area (Å²) in [6.45, 7) is 1.71. The standard InChI is InChI=1S/C23H21F2N3O2/c1-23(13-15-7-5-4-6-8-15)22(30)27(2)20(21(29)28(23)3)10-9-16-11-17(24)12-19(25)18(16)14-26/h4-8,10-12H,9,13H2,1-3H3. The van der Waals surface area contributed by atoms with Crippen molar-refractivity contribution in [2.75, 3.05) is 14.1 Å². The number of hydrogen-bond donors (Lipinski definition) is 0. The molecule has 1 unspecified atom stereocenters. The fourth-order valence-corrected chi connectivity index (χ4v) is 3.69. The quantitative estimate of drug-likeness (QED) is 0.729. The Labute approximate surface area is 173 Å². The van der Waals surface area contributed by atoms with Gasteiger partial charge in [-0.2, -0.15) is 5.26 Å². The van der Waals surface area contributed by atoms with Crippen molar-refractivity contribution in [3.05, 3.63) is 82.6 Å². The Morgan fingerprint density at radius 3 is 2.43 bits per heavy atom. The van der Waals surface area contributed by atoms with Crippen LogP contribution >= 0.6 is 0 Å². The summed E-state index contributed by atoms with van der Waals surface area (Å²) in [6, 6.07) is 12.8. The zero-order chi connectivity index (χ0) is 22.1. The minimum Gasteiger partial charge on any atom is -0.326 e. The lowest BCUT2D eigenvalue weighted by molar-refractivity contribution is -0.155. The van der Waals surface area contributed by atoms with Crippen molar-refractivity contribution in [3.8, 4) is 6.07 Å². The van der Waals surface area contributed by atoms with Crippen molar-refractivity contribution in [2.45, 2.75) is 25.3 Å². The van der Waals surface area contributed by atoms with Crippen molar-refractivity contribution in [1.82, 2.24) is 9.80 Å². The predicted molar refractivity (Wildman–Crippen MR) is 107 cm³/mol. The number of rotatable bonds is 4. The third kappa shape index (κ3) is 3.69. The molecule has 1 aliphatic rings. The molecule has 0 N–H and O–H groups in total. The van der Waals surface area contributed by atoms with Gasteiger partial charge in [0.2, 0.25) is 0 Å². The molecule has 2 aromatic carbocycles. The van der Waals surface area contributed by atoms with E-state index in [9.17, 15) is 18.4 Å². The summed E-state index contributed by atoms with van der Waals surface area (Å²) >= 11 is 0. The molecule has 3 rings (SSSR count). The van der Waals surface area contributed by atoms with Crippen LogP contribution < -0.4 is 0 Å². The van der Waals surface area contributed by atoms with Crippen molar-refractivity contribution in [1.29, 1.82) is 5.26 Å². The van der Waals surface area contributed by atoms with E-state index < -0.39 is 17.2 Å². The number of likely N-dealkylation sites (N-methyl/N-ethyl adjacent to an activating group) is 2. The van der Waals surface area contributed by atoms with Crippen LogP contribution in [0.15, 0.2) is 54.2 Å². The van der Waals surface area contributed by atoms with Crippen LogP contribution in [0.5, 0.6) is 0 Å². The Bertz CT molecular complexity index is 1080. The van der Waals surface area contributed by atoms with Gasteiger partial charge < -0.3 is 9.80 Å². The van der Waals surface area contributed by atoms with E-state index in [1.165, 1.54) is 22.9 Å². The molecule has 2 aromatic rings. The Morgan fingerprint density at radius 2 is 1.80 bits per heavy atom.